The second-order valence-electron chi connectivity index (χ2n) is 2.57. The molecule has 1 rings (SSSR count). The van der Waals surface area contributed by atoms with E-state index in [1.54, 1.807) is 12.2 Å². The molecule has 0 aliphatic rings. The summed E-state index contributed by atoms with van der Waals surface area (Å²) in [6.45, 7) is 4.04. The molecule has 1 aromatic carbocycles. The first-order chi connectivity index (χ1) is 6.74. The number of para-hydroxylation sites is 1. The van der Waals surface area contributed by atoms with E-state index in [1.807, 2.05) is 24.3 Å². The van der Waals surface area contributed by atoms with Gasteiger partial charge in [-0.2, -0.15) is 0 Å². The highest BCUT2D eigenvalue weighted by Gasteiger charge is 1.99. The van der Waals surface area contributed by atoms with Crippen molar-refractivity contribution in [1.82, 2.24) is 0 Å². The zero-order valence-corrected chi connectivity index (χ0v) is 9.05. The molecule has 0 radical (unpaired) electrons. The molecular weight excluding hydrogens is 219 g/mol. The summed E-state index contributed by atoms with van der Waals surface area (Å²) in [5, 5.41) is 0. The minimum Gasteiger partial charge on any atom is -0.489 e. The van der Waals surface area contributed by atoms with Crippen LogP contribution in [0.25, 0.3) is 6.08 Å². The molecule has 1 aromatic rings. The van der Waals surface area contributed by atoms with Gasteiger partial charge in [-0.15, -0.1) is 0 Å². The van der Waals surface area contributed by atoms with Gasteiger partial charge in [0.25, 0.3) is 0 Å². The van der Waals surface area contributed by atoms with Crippen LogP contribution in [-0.2, 0) is 0 Å². The van der Waals surface area contributed by atoms with Gasteiger partial charge in [-0.1, -0.05) is 54.1 Å². The second kappa shape index (κ2) is 5.74. The summed E-state index contributed by atoms with van der Waals surface area (Å²) < 4.78 is 5.62. The van der Waals surface area contributed by atoms with E-state index in [2.05, 4.69) is 6.58 Å². The van der Waals surface area contributed by atoms with Gasteiger partial charge in [0.2, 0.25) is 0 Å². The number of rotatable bonds is 4. The van der Waals surface area contributed by atoms with E-state index >= 15 is 0 Å². The maximum absolute atomic E-state index is 5.57. The molecule has 0 unspecified atom stereocenters. The van der Waals surface area contributed by atoms with Crippen molar-refractivity contribution < 1.29 is 4.74 Å². The highest BCUT2D eigenvalue weighted by molar-refractivity contribution is 6.57. The summed E-state index contributed by atoms with van der Waals surface area (Å²) in [5.41, 5.74) is 0.856. The SMILES string of the molecule is C=CCOc1ccccc1C=C(Cl)Cl. The van der Waals surface area contributed by atoms with Gasteiger partial charge in [0.05, 0.1) is 0 Å². The molecule has 0 bridgehead atoms. The van der Waals surface area contributed by atoms with Crippen molar-refractivity contribution in [2.45, 2.75) is 0 Å². The Morgan fingerprint density at radius 1 is 1.36 bits per heavy atom. The van der Waals surface area contributed by atoms with Crippen LogP contribution < -0.4 is 4.74 Å². The molecular formula is C11H10Cl2O. The quantitative estimate of drug-likeness (QED) is 0.708. The van der Waals surface area contributed by atoms with Crippen molar-refractivity contribution in [1.29, 1.82) is 0 Å². The molecule has 0 fully saturated rings. The summed E-state index contributed by atoms with van der Waals surface area (Å²) >= 11 is 11.1. The van der Waals surface area contributed by atoms with E-state index in [4.69, 9.17) is 27.9 Å². The lowest BCUT2D eigenvalue weighted by Gasteiger charge is -2.06. The number of halogens is 2. The first kappa shape index (κ1) is 11.2. The lowest BCUT2D eigenvalue weighted by atomic mass is 10.2. The van der Waals surface area contributed by atoms with Crippen LogP contribution in [-0.4, -0.2) is 6.61 Å². The fraction of sp³-hybridized carbons (Fsp3) is 0.0909. The number of hydrogen-bond donors (Lipinski definition) is 0. The van der Waals surface area contributed by atoms with Gasteiger partial charge in [-0.05, 0) is 12.1 Å². The fourth-order valence-electron chi connectivity index (χ4n) is 0.997. The van der Waals surface area contributed by atoms with Crippen molar-refractivity contribution >= 4 is 29.3 Å². The first-order valence-electron chi connectivity index (χ1n) is 4.09. The summed E-state index contributed by atoms with van der Waals surface area (Å²) in [4.78, 5) is 0. The first-order valence-corrected chi connectivity index (χ1v) is 4.85. The fourth-order valence-corrected chi connectivity index (χ4v) is 1.23. The summed E-state index contributed by atoms with van der Waals surface area (Å²) in [6, 6.07) is 7.51. The largest absolute Gasteiger partial charge is 0.489 e. The average Bonchev–Trinajstić information content (AvgIpc) is 2.16. The molecule has 0 atom stereocenters. The predicted octanol–water partition coefficient (Wildman–Crippen LogP) is 4.03. The topological polar surface area (TPSA) is 9.23 Å². The minimum atomic E-state index is 0.208. The van der Waals surface area contributed by atoms with Crippen LogP contribution in [0.3, 0.4) is 0 Å². The summed E-state index contributed by atoms with van der Waals surface area (Å²) in [5.74, 6) is 0.742. The van der Waals surface area contributed by atoms with Gasteiger partial charge in [0.1, 0.15) is 16.8 Å². The highest BCUT2D eigenvalue weighted by atomic mass is 35.5. The summed E-state index contributed by atoms with van der Waals surface area (Å²) in [7, 11) is 0. The molecule has 0 aliphatic carbocycles. The Labute approximate surface area is 93.6 Å². The molecule has 14 heavy (non-hydrogen) atoms. The van der Waals surface area contributed by atoms with Crippen LogP contribution in [0.2, 0.25) is 0 Å². The smallest absolute Gasteiger partial charge is 0.127 e. The average molecular weight is 229 g/mol. The molecule has 0 aliphatic heterocycles. The lowest BCUT2D eigenvalue weighted by molar-refractivity contribution is 0.362. The summed E-state index contributed by atoms with van der Waals surface area (Å²) in [6.07, 6.45) is 3.32. The predicted molar refractivity (Wildman–Crippen MR) is 61.8 cm³/mol. The zero-order valence-electron chi connectivity index (χ0n) is 7.54. The van der Waals surface area contributed by atoms with Crippen LogP contribution >= 0.6 is 23.2 Å². The Bertz CT molecular complexity index is 341. The normalized spacial score (nSPS) is 9.29. The molecule has 74 valence electrons. The van der Waals surface area contributed by atoms with Crippen LogP contribution in [0.15, 0.2) is 41.4 Å². The molecule has 0 amide bonds. The molecule has 0 aromatic heterocycles. The molecule has 1 nitrogen and oxygen atoms in total. The third kappa shape index (κ3) is 3.44. The van der Waals surface area contributed by atoms with Crippen LogP contribution in [0.1, 0.15) is 5.56 Å². The van der Waals surface area contributed by atoms with Crippen molar-refractivity contribution in [2.24, 2.45) is 0 Å². The number of ether oxygens (including phenoxy) is 1. The standard InChI is InChI=1S/C11H10Cl2O/c1-2-7-14-10-6-4-3-5-9(10)8-11(12)13/h2-6,8H,1,7H2. The monoisotopic (exact) mass is 228 g/mol. The van der Waals surface area contributed by atoms with Gasteiger partial charge >= 0.3 is 0 Å². The third-order valence-electron chi connectivity index (χ3n) is 1.54. The van der Waals surface area contributed by atoms with Crippen LogP contribution in [0.4, 0.5) is 0 Å². The number of benzene rings is 1. The van der Waals surface area contributed by atoms with E-state index in [0.717, 1.165) is 11.3 Å². The Balaban J connectivity index is 2.91. The maximum Gasteiger partial charge on any atom is 0.127 e. The highest BCUT2D eigenvalue weighted by Crippen LogP contribution is 2.23. The van der Waals surface area contributed by atoms with E-state index in [9.17, 15) is 0 Å². The van der Waals surface area contributed by atoms with Gasteiger partial charge in [-0.25, -0.2) is 0 Å². The molecule has 3 heteroatoms. The van der Waals surface area contributed by atoms with Crippen molar-refractivity contribution in [2.75, 3.05) is 6.61 Å². The molecule has 0 spiro atoms. The Kier molecular flexibility index (Phi) is 4.57. The second-order valence-corrected chi connectivity index (χ2v) is 3.58. The Hall–Kier alpha value is -0.920. The molecule has 0 saturated heterocycles. The van der Waals surface area contributed by atoms with Crippen molar-refractivity contribution in [3.63, 3.8) is 0 Å². The Morgan fingerprint density at radius 2 is 2.07 bits per heavy atom. The zero-order chi connectivity index (χ0) is 10.4. The van der Waals surface area contributed by atoms with Crippen LogP contribution in [0, 0.1) is 0 Å². The Morgan fingerprint density at radius 3 is 2.71 bits per heavy atom. The van der Waals surface area contributed by atoms with Gasteiger partial charge < -0.3 is 4.74 Å². The van der Waals surface area contributed by atoms with E-state index in [-0.39, 0.29) is 4.49 Å². The van der Waals surface area contributed by atoms with Crippen molar-refractivity contribution in [3.8, 4) is 5.75 Å². The molecule has 0 N–H and O–H groups in total. The number of hydrogen-bond acceptors (Lipinski definition) is 1. The van der Waals surface area contributed by atoms with E-state index in [0.29, 0.717) is 6.61 Å². The van der Waals surface area contributed by atoms with Gasteiger partial charge in [-0.3, -0.25) is 0 Å². The van der Waals surface area contributed by atoms with Crippen molar-refractivity contribution in [3.05, 3.63) is 47.0 Å². The van der Waals surface area contributed by atoms with E-state index in [1.165, 1.54) is 0 Å². The lowest BCUT2D eigenvalue weighted by Crippen LogP contribution is -1.94. The third-order valence-corrected chi connectivity index (χ3v) is 1.76. The maximum atomic E-state index is 5.57. The van der Waals surface area contributed by atoms with Gasteiger partial charge in [0, 0.05) is 5.56 Å². The minimum absolute atomic E-state index is 0.208. The van der Waals surface area contributed by atoms with Crippen LogP contribution in [0.5, 0.6) is 5.75 Å². The molecule has 0 saturated carbocycles. The molecule has 0 heterocycles. The van der Waals surface area contributed by atoms with E-state index < -0.39 is 0 Å². The van der Waals surface area contributed by atoms with Gasteiger partial charge in [0.15, 0.2) is 0 Å².